The van der Waals surface area contributed by atoms with Crippen LogP contribution in [-0.4, -0.2) is 11.1 Å². The largest absolute Gasteiger partial charge is 0.478 e. The second-order valence-electron chi connectivity index (χ2n) is 13.3. The van der Waals surface area contributed by atoms with Crippen molar-refractivity contribution < 1.29 is 9.90 Å². The molecule has 0 aromatic heterocycles. The van der Waals surface area contributed by atoms with Gasteiger partial charge in [-0.1, -0.05) is 134 Å². The Morgan fingerprint density at radius 2 is 0.895 bits per heavy atom. The van der Waals surface area contributed by atoms with E-state index in [9.17, 15) is 9.90 Å². The fourth-order valence-electron chi connectivity index (χ4n) is 8.21. The Hall–Kier alpha value is -1.05. The highest BCUT2D eigenvalue weighted by Crippen LogP contribution is 2.43. The normalized spacial score (nSPS) is 27.1. The lowest BCUT2D eigenvalue weighted by molar-refractivity contribution is -0.133. The molecule has 0 amide bonds. The highest BCUT2D eigenvalue weighted by molar-refractivity contribution is 5.88. The molecule has 0 bridgehead atoms. The fraction of sp³-hybridized carbons (Fsp3) is 0.861. The zero-order valence-electron chi connectivity index (χ0n) is 25.0. The summed E-state index contributed by atoms with van der Waals surface area (Å²) in [6, 6.07) is 0. The number of hydrogen-bond donors (Lipinski definition) is 1. The summed E-state index contributed by atoms with van der Waals surface area (Å²) in [5, 5.41) is 11.0. The van der Waals surface area contributed by atoms with Crippen molar-refractivity contribution >= 4 is 5.97 Å². The molecule has 1 N–H and O–H groups in total. The van der Waals surface area contributed by atoms with Crippen LogP contribution < -0.4 is 0 Å². The first-order chi connectivity index (χ1) is 18.7. The van der Waals surface area contributed by atoms with E-state index in [0.717, 1.165) is 24.8 Å². The van der Waals surface area contributed by atoms with Crippen molar-refractivity contribution in [2.24, 2.45) is 23.7 Å². The molecule has 0 saturated heterocycles. The van der Waals surface area contributed by atoms with Gasteiger partial charge in [0.1, 0.15) is 0 Å². The molecule has 3 aliphatic rings. The smallest absolute Gasteiger partial charge is 0.331 e. The number of carbonyl (C=O) groups is 1. The van der Waals surface area contributed by atoms with E-state index in [1.165, 1.54) is 160 Å². The summed E-state index contributed by atoms with van der Waals surface area (Å²) in [7, 11) is 0. The highest BCUT2D eigenvalue weighted by atomic mass is 16.4. The van der Waals surface area contributed by atoms with Gasteiger partial charge in [-0.15, -0.1) is 6.58 Å². The number of hydrogen-bond acceptors (Lipinski definition) is 1. The molecule has 0 spiro atoms. The van der Waals surface area contributed by atoms with E-state index in [2.05, 4.69) is 12.7 Å². The van der Waals surface area contributed by atoms with Gasteiger partial charge in [-0.2, -0.15) is 0 Å². The summed E-state index contributed by atoms with van der Waals surface area (Å²) in [5.74, 6) is 1.39. The molecule has 3 saturated carbocycles. The van der Waals surface area contributed by atoms with Crippen molar-refractivity contribution in [3.05, 3.63) is 23.8 Å². The molecule has 0 radical (unpaired) electrons. The monoisotopic (exact) mass is 526 g/mol. The summed E-state index contributed by atoms with van der Waals surface area (Å²) < 4.78 is 0. The zero-order valence-corrected chi connectivity index (χ0v) is 25.0. The minimum absolute atomic E-state index is 0.249. The van der Waals surface area contributed by atoms with Crippen LogP contribution in [0.5, 0.6) is 0 Å². The molecule has 3 fully saturated rings. The third-order valence-electron chi connectivity index (χ3n) is 10.4. The van der Waals surface area contributed by atoms with Crippen LogP contribution in [-0.2, 0) is 4.79 Å². The van der Waals surface area contributed by atoms with E-state index >= 15 is 0 Å². The van der Waals surface area contributed by atoms with Crippen LogP contribution in [0.4, 0.5) is 0 Å². The third kappa shape index (κ3) is 11.2. The number of rotatable bonds is 6. The lowest BCUT2D eigenvalue weighted by Gasteiger charge is -2.34. The Morgan fingerprint density at radius 1 is 0.526 bits per heavy atom. The Labute approximate surface area is 236 Å². The summed E-state index contributed by atoms with van der Waals surface area (Å²) >= 11 is 0. The number of carboxylic acids is 1. The van der Waals surface area contributed by atoms with Crippen molar-refractivity contribution in [1.29, 1.82) is 0 Å². The average Bonchev–Trinajstić information content (AvgIpc) is 2.92. The molecule has 0 aromatic carbocycles. The number of carboxylic acid groups (broad SMARTS) is 1. The van der Waals surface area contributed by atoms with Crippen molar-refractivity contribution in [1.82, 2.24) is 0 Å². The van der Waals surface area contributed by atoms with Gasteiger partial charge in [-0.3, -0.25) is 0 Å². The van der Waals surface area contributed by atoms with Gasteiger partial charge in [0.25, 0.3) is 0 Å². The Balaban J connectivity index is 1.99. The van der Waals surface area contributed by atoms with Crippen molar-refractivity contribution in [2.75, 3.05) is 0 Å². The van der Waals surface area contributed by atoms with E-state index in [4.69, 9.17) is 0 Å². The maximum absolute atomic E-state index is 13.4. The number of allylic oxidation sites excluding steroid dienone is 2. The maximum Gasteiger partial charge on any atom is 0.331 e. The molecular weight excluding hydrogens is 464 g/mol. The number of aliphatic carboxylic acids is 1. The first kappa shape index (κ1) is 31.5. The highest BCUT2D eigenvalue weighted by Gasteiger charge is 2.33. The zero-order chi connectivity index (χ0) is 26.8. The van der Waals surface area contributed by atoms with Crippen LogP contribution in [0.2, 0.25) is 0 Å². The van der Waals surface area contributed by atoms with Crippen molar-refractivity contribution in [2.45, 2.75) is 173 Å². The average molecular weight is 527 g/mol. The summed E-state index contributed by atoms with van der Waals surface area (Å²) in [6.45, 7) is 4.04. The van der Waals surface area contributed by atoms with Crippen molar-refractivity contribution in [3.63, 3.8) is 0 Å². The summed E-state index contributed by atoms with van der Waals surface area (Å²) in [5.41, 5.74) is 2.40. The van der Waals surface area contributed by atoms with Crippen LogP contribution in [0.3, 0.4) is 0 Å². The molecule has 3 aliphatic carbocycles. The minimum Gasteiger partial charge on any atom is -0.478 e. The molecular formula is C36H62O2. The van der Waals surface area contributed by atoms with Gasteiger partial charge >= 0.3 is 5.97 Å². The molecule has 0 aromatic rings. The Bertz CT molecular complexity index is 643. The van der Waals surface area contributed by atoms with Crippen LogP contribution in [0, 0.1) is 23.7 Å². The maximum atomic E-state index is 13.4. The quantitative estimate of drug-likeness (QED) is 0.276. The van der Waals surface area contributed by atoms with E-state index in [1.54, 1.807) is 0 Å². The minimum atomic E-state index is -0.559. The van der Waals surface area contributed by atoms with Crippen LogP contribution in [0.1, 0.15) is 173 Å². The predicted octanol–water partition coefficient (Wildman–Crippen LogP) is 11.6. The summed E-state index contributed by atoms with van der Waals surface area (Å²) in [4.78, 5) is 13.4. The molecule has 218 valence electrons. The second kappa shape index (κ2) is 19.1. The molecule has 38 heavy (non-hydrogen) atoms. The third-order valence-corrected chi connectivity index (χ3v) is 10.4. The SMILES string of the molecule is C=CCC1CCCCCCC(C(C(=O)O)=C(C2CCCCCCCCC2)C2CCCCCCCCC2)CC1. The Kier molecular flexibility index (Phi) is 15.8. The molecule has 2 atom stereocenters. The molecule has 0 heterocycles. The van der Waals surface area contributed by atoms with Crippen molar-refractivity contribution in [3.8, 4) is 0 Å². The Morgan fingerprint density at radius 3 is 1.29 bits per heavy atom. The first-order valence-corrected chi connectivity index (χ1v) is 17.3. The van der Waals surface area contributed by atoms with E-state index in [1.807, 2.05) is 0 Å². The van der Waals surface area contributed by atoms with E-state index in [0.29, 0.717) is 17.8 Å². The predicted molar refractivity (Wildman–Crippen MR) is 163 cm³/mol. The van der Waals surface area contributed by atoms with Crippen LogP contribution >= 0.6 is 0 Å². The molecule has 2 unspecified atom stereocenters. The fourth-order valence-corrected chi connectivity index (χ4v) is 8.21. The van der Waals surface area contributed by atoms with E-state index in [-0.39, 0.29) is 5.92 Å². The molecule has 0 aliphatic heterocycles. The van der Waals surface area contributed by atoms with Gasteiger partial charge in [0.15, 0.2) is 0 Å². The van der Waals surface area contributed by atoms with Crippen LogP contribution in [0.15, 0.2) is 23.8 Å². The molecule has 3 rings (SSSR count). The van der Waals surface area contributed by atoms with Gasteiger partial charge in [0.05, 0.1) is 0 Å². The van der Waals surface area contributed by atoms with Gasteiger partial charge in [0, 0.05) is 5.57 Å². The van der Waals surface area contributed by atoms with Crippen LogP contribution in [0.25, 0.3) is 0 Å². The van der Waals surface area contributed by atoms with Gasteiger partial charge < -0.3 is 5.11 Å². The second-order valence-corrected chi connectivity index (χ2v) is 13.3. The lowest BCUT2D eigenvalue weighted by atomic mass is 9.71. The van der Waals surface area contributed by atoms with Gasteiger partial charge in [0.2, 0.25) is 0 Å². The topological polar surface area (TPSA) is 37.3 Å². The standard InChI is InChI=1S/C36H62O2/c1-2-21-30-22-15-13-14-20-27-33(29-28-30)35(36(37)38)34(31-23-16-9-5-3-6-10-17-24-31)32-25-18-11-7-4-8-12-19-26-32/h2,30-33H,1,3-29H2,(H,37,38). The molecule has 2 heteroatoms. The van der Waals surface area contributed by atoms with Gasteiger partial charge in [-0.25, -0.2) is 4.79 Å². The van der Waals surface area contributed by atoms with E-state index < -0.39 is 5.97 Å². The molecule has 2 nitrogen and oxygen atoms in total. The van der Waals surface area contributed by atoms with Gasteiger partial charge in [-0.05, 0) is 75.0 Å². The summed E-state index contributed by atoms with van der Waals surface area (Å²) in [6.07, 6.45) is 36.6. The lowest BCUT2D eigenvalue weighted by Crippen LogP contribution is -2.25. The first-order valence-electron chi connectivity index (χ1n) is 17.3.